The molecule has 0 bridgehead atoms. The molecule has 0 aliphatic carbocycles. The Balaban J connectivity index is 1.63. The number of ether oxygens (including phenoxy) is 2. The summed E-state index contributed by atoms with van der Waals surface area (Å²) in [5.74, 6) is 0.212. The maximum atomic E-state index is 13.5. The third-order valence-electron chi connectivity index (χ3n) is 7.02. The van der Waals surface area contributed by atoms with Gasteiger partial charge in [-0.3, -0.25) is 14.5 Å². The Hall–Kier alpha value is -4.06. The van der Waals surface area contributed by atoms with Gasteiger partial charge in [-0.05, 0) is 85.8 Å². The number of carbonyl (C=O) groups is 2. The maximum Gasteiger partial charge on any atom is 0.300 e. The topological polar surface area (TPSA) is 76.1 Å². The first-order chi connectivity index (χ1) is 18.1. The Morgan fingerprint density at radius 2 is 1.66 bits per heavy atom. The lowest BCUT2D eigenvalue weighted by atomic mass is 9.94. The van der Waals surface area contributed by atoms with Gasteiger partial charge < -0.3 is 14.6 Å². The van der Waals surface area contributed by atoms with Gasteiger partial charge in [0, 0.05) is 17.7 Å². The van der Waals surface area contributed by atoms with Crippen molar-refractivity contribution in [2.24, 2.45) is 0 Å². The second kappa shape index (κ2) is 10.0. The quantitative estimate of drug-likeness (QED) is 0.231. The van der Waals surface area contributed by atoms with E-state index in [4.69, 9.17) is 9.47 Å². The second-order valence-corrected chi connectivity index (χ2v) is 10.6. The third-order valence-corrected chi connectivity index (χ3v) is 7.02. The van der Waals surface area contributed by atoms with Crippen molar-refractivity contribution in [2.45, 2.75) is 65.2 Å². The molecule has 1 N–H and O–H groups in total. The van der Waals surface area contributed by atoms with Crippen molar-refractivity contribution in [1.29, 1.82) is 0 Å². The minimum absolute atomic E-state index is 0.0115. The number of aliphatic hydroxyl groups excluding tert-OH is 1. The van der Waals surface area contributed by atoms with E-state index in [1.54, 1.807) is 6.07 Å². The van der Waals surface area contributed by atoms with Crippen LogP contribution in [0.4, 0.5) is 5.69 Å². The fraction of sp³-hybridized carbons (Fsp3) is 0.312. The SMILES string of the molecule is CC(C)Oc1ccc(C2/C(=C(/O)c3ccc4c(c3)CC(C)O4)C(=O)C(=O)N2c2ccc(C(C)C)cc2)cc1. The lowest BCUT2D eigenvalue weighted by Gasteiger charge is -2.26. The highest BCUT2D eigenvalue weighted by atomic mass is 16.5. The van der Waals surface area contributed by atoms with Gasteiger partial charge >= 0.3 is 0 Å². The molecule has 6 heteroatoms. The van der Waals surface area contributed by atoms with Crippen LogP contribution in [0.2, 0.25) is 0 Å². The van der Waals surface area contributed by atoms with Gasteiger partial charge in [0.1, 0.15) is 23.4 Å². The number of anilines is 1. The van der Waals surface area contributed by atoms with Crippen molar-refractivity contribution < 1.29 is 24.2 Å². The van der Waals surface area contributed by atoms with Crippen LogP contribution < -0.4 is 14.4 Å². The highest BCUT2D eigenvalue weighted by Gasteiger charge is 2.47. The van der Waals surface area contributed by atoms with E-state index in [1.165, 1.54) is 4.90 Å². The Kier molecular flexibility index (Phi) is 6.74. The van der Waals surface area contributed by atoms with Gasteiger partial charge in [0.05, 0.1) is 17.7 Å². The molecule has 6 nitrogen and oxygen atoms in total. The van der Waals surface area contributed by atoms with Crippen LogP contribution in [0.3, 0.4) is 0 Å². The average Bonchev–Trinajstić information content (AvgIpc) is 3.39. The number of benzene rings is 3. The number of aliphatic hydroxyl groups is 1. The molecule has 0 radical (unpaired) electrons. The summed E-state index contributed by atoms with van der Waals surface area (Å²) in [5.41, 5.74) is 3.94. The first-order valence-electron chi connectivity index (χ1n) is 13.1. The zero-order valence-electron chi connectivity index (χ0n) is 22.4. The minimum atomic E-state index is -0.795. The predicted molar refractivity (Wildman–Crippen MR) is 148 cm³/mol. The molecular formula is C32H33NO5. The van der Waals surface area contributed by atoms with Gasteiger partial charge in [-0.25, -0.2) is 0 Å². The number of amides is 1. The summed E-state index contributed by atoms with van der Waals surface area (Å²) in [6.45, 7) is 10.1. The molecule has 0 aromatic heterocycles. The zero-order valence-corrected chi connectivity index (χ0v) is 22.4. The minimum Gasteiger partial charge on any atom is -0.507 e. The molecule has 38 heavy (non-hydrogen) atoms. The molecule has 2 heterocycles. The molecule has 5 rings (SSSR count). The zero-order chi connectivity index (χ0) is 27.1. The molecule has 2 aliphatic rings. The third kappa shape index (κ3) is 4.67. The summed E-state index contributed by atoms with van der Waals surface area (Å²) in [6.07, 6.45) is 0.777. The summed E-state index contributed by atoms with van der Waals surface area (Å²) in [5, 5.41) is 11.5. The van der Waals surface area contributed by atoms with Gasteiger partial charge in [-0.15, -0.1) is 0 Å². The van der Waals surface area contributed by atoms with Crippen LogP contribution >= 0.6 is 0 Å². The fourth-order valence-electron chi connectivity index (χ4n) is 5.16. The number of ketones is 1. The molecule has 0 spiro atoms. The first-order valence-corrected chi connectivity index (χ1v) is 13.1. The maximum absolute atomic E-state index is 13.5. The average molecular weight is 512 g/mol. The monoisotopic (exact) mass is 511 g/mol. The van der Waals surface area contributed by atoms with E-state index in [-0.39, 0.29) is 23.5 Å². The molecule has 3 aromatic carbocycles. The van der Waals surface area contributed by atoms with E-state index in [0.717, 1.165) is 16.9 Å². The first kappa shape index (κ1) is 25.6. The van der Waals surface area contributed by atoms with E-state index in [2.05, 4.69) is 13.8 Å². The molecule has 2 aliphatic heterocycles. The van der Waals surface area contributed by atoms with Crippen molar-refractivity contribution in [3.8, 4) is 11.5 Å². The number of hydrogen-bond donors (Lipinski definition) is 1. The van der Waals surface area contributed by atoms with Crippen LogP contribution in [0.1, 0.15) is 68.8 Å². The Morgan fingerprint density at radius 3 is 2.29 bits per heavy atom. The van der Waals surface area contributed by atoms with Gasteiger partial charge in [-0.2, -0.15) is 0 Å². The standard InChI is InChI=1S/C32H33NO5/c1-18(2)21-6-11-25(12-7-21)33-29(22-8-13-26(14-9-22)37-19(3)4)28(31(35)32(33)36)30(34)23-10-15-27-24(17-23)16-20(5)38-27/h6-15,17-20,29,34H,16H2,1-5H3/b30-28-. The summed E-state index contributed by atoms with van der Waals surface area (Å²) in [6, 6.07) is 19.6. The number of rotatable bonds is 6. The van der Waals surface area contributed by atoms with Crippen molar-refractivity contribution in [2.75, 3.05) is 4.90 Å². The summed E-state index contributed by atoms with van der Waals surface area (Å²) >= 11 is 0. The Labute approximate surface area is 223 Å². The molecule has 1 saturated heterocycles. The molecule has 2 unspecified atom stereocenters. The van der Waals surface area contributed by atoms with E-state index in [0.29, 0.717) is 34.9 Å². The van der Waals surface area contributed by atoms with E-state index < -0.39 is 17.7 Å². The number of hydrogen-bond acceptors (Lipinski definition) is 5. The van der Waals surface area contributed by atoms with Crippen molar-refractivity contribution >= 4 is 23.1 Å². The number of nitrogens with zero attached hydrogens (tertiary/aromatic N) is 1. The number of carbonyl (C=O) groups excluding carboxylic acids is 2. The van der Waals surface area contributed by atoms with Gasteiger partial charge in [0.2, 0.25) is 0 Å². The van der Waals surface area contributed by atoms with Crippen molar-refractivity contribution in [3.63, 3.8) is 0 Å². The number of Topliss-reactive ketones (excluding diaryl/α,β-unsaturated/α-hetero) is 1. The molecule has 1 fully saturated rings. The molecule has 2 atom stereocenters. The van der Waals surface area contributed by atoms with Crippen LogP contribution in [0.5, 0.6) is 11.5 Å². The van der Waals surface area contributed by atoms with Crippen LogP contribution in [-0.2, 0) is 16.0 Å². The highest BCUT2D eigenvalue weighted by molar-refractivity contribution is 6.51. The number of fused-ring (bicyclic) bond motifs is 1. The highest BCUT2D eigenvalue weighted by Crippen LogP contribution is 2.43. The lowest BCUT2D eigenvalue weighted by molar-refractivity contribution is -0.132. The van der Waals surface area contributed by atoms with Gasteiger partial charge in [0.15, 0.2) is 0 Å². The molecule has 0 saturated carbocycles. The smallest absolute Gasteiger partial charge is 0.300 e. The predicted octanol–water partition coefficient (Wildman–Crippen LogP) is 6.55. The van der Waals surface area contributed by atoms with E-state index >= 15 is 0 Å². The van der Waals surface area contributed by atoms with Crippen molar-refractivity contribution in [3.05, 3.63) is 94.6 Å². The van der Waals surface area contributed by atoms with Crippen molar-refractivity contribution in [1.82, 2.24) is 0 Å². The Morgan fingerprint density at radius 1 is 0.974 bits per heavy atom. The van der Waals surface area contributed by atoms with E-state index in [1.807, 2.05) is 81.4 Å². The normalized spacial score (nSPS) is 20.2. The summed E-state index contributed by atoms with van der Waals surface area (Å²) < 4.78 is 11.6. The lowest BCUT2D eigenvalue weighted by Crippen LogP contribution is -2.29. The van der Waals surface area contributed by atoms with Crippen LogP contribution in [0, 0.1) is 0 Å². The summed E-state index contributed by atoms with van der Waals surface area (Å²) in [4.78, 5) is 28.5. The largest absolute Gasteiger partial charge is 0.507 e. The van der Waals surface area contributed by atoms with Gasteiger partial charge in [0.25, 0.3) is 11.7 Å². The summed E-state index contributed by atoms with van der Waals surface area (Å²) in [7, 11) is 0. The van der Waals surface area contributed by atoms with Crippen LogP contribution in [-0.4, -0.2) is 29.0 Å². The molecular weight excluding hydrogens is 478 g/mol. The molecule has 1 amide bonds. The molecule has 196 valence electrons. The fourth-order valence-corrected chi connectivity index (χ4v) is 5.16. The van der Waals surface area contributed by atoms with E-state index in [9.17, 15) is 14.7 Å². The van der Waals surface area contributed by atoms with Crippen LogP contribution in [0.15, 0.2) is 72.3 Å². The molecule has 3 aromatic rings. The van der Waals surface area contributed by atoms with Gasteiger partial charge in [-0.1, -0.05) is 38.1 Å². The second-order valence-electron chi connectivity index (χ2n) is 10.6. The Bertz CT molecular complexity index is 1400. The van der Waals surface area contributed by atoms with Crippen LogP contribution in [0.25, 0.3) is 5.76 Å².